The number of thioether (sulfide) groups is 1. The molecule has 1 aromatic heterocycles. The first-order valence-electron chi connectivity index (χ1n) is 7.96. The summed E-state index contributed by atoms with van der Waals surface area (Å²) in [5.41, 5.74) is 3.86. The molecular weight excluding hydrogens is 334 g/mol. The fourth-order valence-electron chi connectivity index (χ4n) is 2.22. The van der Waals surface area contributed by atoms with Crippen LogP contribution >= 0.6 is 11.8 Å². The molecule has 0 fully saturated rings. The first-order valence-corrected chi connectivity index (χ1v) is 8.84. The zero-order chi connectivity index (χ0) is 17.8. The zero-order valence-corrected chi connectivity index (χ0v) is 15.1. The molecule has 0 aliphatic rings. The van der Waals surface area contributed by atoms with Gasteiger partial charge in [0.1, 0.15) is 0 Å². The summed E-state index contributed by atoms with van der Waals surface area (Å²) < 4.78 is 5.67. The van der Waals surface area contributed by atoms with E-state index in [2.05, 4.69) is 15.5 Å². The molecule has 1 amide bonds. The van der Waals surface area contributed by atoms with Crippen molar-refractivity contribution < 1.29 is 9.21 Å². The van der Waals surface area contributed by atoms with E-state index in [0.29, 0.717) is 11.1 Å². The van der Waals surface area contributed by atoms with Crippen molar-refractivity contribution >= 4 is 23.4 Å². The number of anilines is 1. The van der Waals surface area contributed by atoms with Crippen molar-refractivity contribution in [3.63, 3.8) is 0 Å². The van der Waals surface area contributed by atoms with Crippen molar-refractivity contribution in [3.05, 3.63) is 59.7 Å². The Balaban J connectivity index is 1.65. The van der Waals surface area contributed by atoms with E-state index in [1.807, 2.05) is 69.3 Å². The predicted octanol–water partition coefficient (Wildman–Crippen LogP) is 4.47. The van der Waals surface area contributed by atoms with Gasteiger partial charge in [0.15, 0.2) is 0 Å². The average molecular weight is 353 g/mol. The average Bonchev–Trinajstić information content (AvgIpc) is 3.06. The second kappa shape index (κ2) is 7.53. The van der Waals surface area contributed by atoms with Crippen molar-refractivity contribution in [1.82, 2.24) is 10.2 Å². The smallest absolute Gasteiger partial charge is 0.277 e. The third kappa shape index (κ3) is 4.28. The van der Waals surface area contributed by atoms with E-state index in [1.54, 1.807) is 0 Å². The largest absolute Gasteiger partial charge is 0.411 e. The van der Waals surface area contributed by atoms with E-state index in [1.165, 1.54) is 17.3 Å². The maximum absolute atomic E-state index is 12.4. The molecule has 3 aromatic rings. The van der Waals surface area contributed by atoms with Gasteiger partial charge in [-0.15, -0.1) is 10.2 Å². The van der Waals surface area contributed by atoms with Crippen LogP contribution in [0.25, 0.3) is 11.5 Å². The molecule has 0 bridgehead atoms. The summed E-state index contributed by atoms with van der Waals surface area (Å²) in [7, 11) is 0. The van der Waals surface area contributed by atoms with E-state index in [9.17, 15) is 4.79 Å². The number of hydrogen-bond acceptors (Lipinski definition) is 5. The third-order valence-electron chi connectivity index (χ3n) is 3.75. The van der Waals surface area contributed by atoms with Crippen molar-refractivity contribution in [1.29, 1.82) is 0 Å². The van der Waals surface area contributed by atoms with Crippen LogP contribution in [0.15, 0.2) is 58.2 Å². The van der Waals surface area contributed by atoms with Crippen LogP contribution < -0.4 is 5.32 Å². The number of carbonyl (C=O) groups excluding carboxylic acids is 1. The molecular formula is C19H19N3O2S. The normalized spacial score (nSPS) is 12.0. The summed E-state index contributed by atoms with van der Waals surface area (Å²) in [6.45, 7) is 5.79. The maximum Gasteiger partial charge on any atom is 0.277 e. The van der Waals surface area contributed by atoms with Gasteiger partial charge in [-0.1, -0.05) is 47.7 Å². The van der Waals surface area contributed by atoms with Crippen LogP contribution in [-0.4, -0.2) is 21.4 Å². The molecule has 5 nitrogen and oxygen atoms in total. The highest BCUT2D eigenvalue weighted by Gasteiger charge is 2.19. The van der Waals surface area contributed by atoms with Gasteiger partial charge in [-0.25, -0.2) is 0 Å². The Morgan fingerprint density at radius 3 is 2.52 bits per heavy atom. The van der Waals surface area contributed by atoms with Gasteiger partial charge in [-0.2, -0.15) is 0 Å². The molecule has 6 heteroatoms. The predicted molar refractivity (Wildman–Crippen MR) is 99.6 cm³/mol. The van der Waals surface area contributed by atoms with Gasteiger partial charge in [0.2, 0.25) is 11.8 Å². The molecule has 3 rings (SSSR count). The highest BCUT2D eigenvalue weighted by molar-refractivity contribution is 8.00. The maximum atomic E-state index is 12.4. The molecule has 1 N–H and O–H groups in total. The highest BCUT2D eigenvalue weighted by atomic mass is 32.2. The molecule has 0 spiro atoms. The quantitative estimate of drug-likeness (QED) is 0.685. The first-order chi connectivity index (χ1) is 12.0. The molecule has 1 heterocycles. The SMILES string of the molecule is Cc1ccc(-c2nnc(SC(C)C(=O)Nc3ccccc3C)o2)cc1. The van der Waals surface area contributed by atoms with E-state index < -0.39 is 0 Å². The minimum Gasteiger partial charge on any atom is -0.411 e. The van der Waals surface area contributed by atoms with Gasteiger partial charge in [-0.3, -0.25) is 4.79 Å². The Bertz CT molecular complexity index is 874. The Hall–Kier alpha value is -2.60. The summed E-state index contributed by atoms with van der Waals surface area (Å²) >= 11 is 1.24. The second-order valence-electron chi connectivity index (χ2n) is 5.80. The number of carbonyl (C=O) groups is 1. The number of para-hydroxylation sites is 1. The van der Waals surface area contributed by atoms with Gasteiger partial charge >= 0.3 is 0 Å². The number of nitrogens with one attached hydrogen (secondary N) is 1. The van der Waals surface area contributed by atoms with Crippen LogP contribution in [0.2, 0.25) is 0 Å². The Morgan fingerprint density at radius 1 is 1.08 bits per heavy atom. The van der Waals surface area contributed by atoms with Crippen molar-refractivity contribution in [2.24, 2.45) is 0 Å². The van der Waals surface area contributed by atoms with Gasteiger partial charge in [-0.05, 0) is 44.5 Å². The molecule has 0 saturated heterocycles. The lowest BCUT2D eigenvalue weighted by molar-refractivity contribution is -0.115. The van der Waals surface area contributed by atoms with Gasteiger partial charge in [0, 0.05) is 11.3 Å². The number of aromatic nitrogens is 2. The van der Waals surface area contributed by atoms with Crippen LogP contribution in [0.1, 0.15) is 18.1 Å². The molecule has 25 heavy (non-hydrogen) atoms. The summed E-state index contributed by atoms with van der Waals surface area (Å²) in [6.07, 6.45) is 0. The number of amides is 1. The third-order valence-corrected chi connectivity index (χ3v) is 4.69. The summed E-state index contributed by atoms with van der Waals surface area (Å²) in [6, 6.07) is 15.5. The number of benzene rings is 2. The first kappa shape index (κ1) is 17.2. The van der Waals surface area contributed by atoms with E-state index in [4.69, 9.17) is 4.42 Å². The Morgan fingerprint density at radius 2 is 1.80 bits per heavy atom. The molecule has 1 unspecified atom stereocenters. The standard InChI is InChI=1S/C19H19N3O2S/c1-12-8-10-15(11-9-12)18-21-22-19(24-18)25-14(3)17(23)20-16-7-5-4-6-13(16)2/h4-11,14H,1-3H3,(H,20,23). The van der Waals surface area contributed by atoms with Gasteiger partial charge in [0.25, 0.3) is 5.22 Å². The van der Waals surface area contributed by atoms with Gasteiger partial charge in [0.05, 0.1) is 5.25 Å². The van der Waals surface area contributed by atoms with E-state index in [-0.39, 0.29) is 11.2 Å². The molecule has 2 aromatic carbocycles. The summed E-state index contributed by atoms with van der Waals surface area (Å²) in [4.78, 5) is 12.4. The van der Waals surface area contributed by atoms with Crippen molar-refractivity contribution in [3.8, 4) is 11.5 Å². The molecule has 0 radical (unpaired) electrons. The van der Waals surface area contributed by atoms with Crippen LogP contribution in [0.5, 0.6) is 0 Å². The highest BCUT2D eigenvalue weighted by Crippen LogP contribution is 2.27. The molecule has 0 aliphatic heterocycles. The molecule has 128 valence electrons. The second-order valence-corrected chi connectivity index (χ2v) is 7.10. The molecule has 0 aliphatic carbocycles. The number of rotatable bonds is 5. The van der Waals surface area contributed by atoms with Crippen LogP contribution in [0.3, 0.4) is 0 Å². The summed E-state index contributed by atoms with van der Waals surface area (Å²) in [5.74, 6) is 0.350. The van der Waals surface area contributed by atoms with Crippen LogP contribution in [0, 0.1) is 13.8 Å². The van der Waals surface area contributed by atoms with Crippen molar-refractivity contribution in [2.45, 2.75) is 31.2 Å². The lowest BCUT2D eigenvalue weighted by Crippen LogP contribution is -2.22. The van der Waals surface area contributed by atoms with Crippen molar-refractivity contribution in [2.75, 3.05) is 5.32 Å². The minimum atomic E-state index is -0.356. The molecule has 0 saturated carbocycles. The van der Waals surface area contributed by atoms with E-state index >= 15 is 0 Å². The lowest BCUT2D eigenvalue weighted by atomic mass is 10.1. The Labute approximate surface area is 150 Å². The summed E-state index contributed by atoms with van der Waals surface area (Å²) in [5, 5.41) is 11.0. The van der Waals surface area contributed by atoms with Crippen LogP contribution in [0.4, 0.5) is 5.69 Å². The fraction of sp³-hybridized carbons (Fsp3) is 0.211. The van der Waals surface area contributed by atoms with Crippen LogP contribution in [-0.2, 0) is 4.79 Å². The number of aryl methyl sites for hydroxylation is 2. The number of hydrogen-bond donors (Lipinski definition) is 1. The van der Waals surface area contributed by atoms with Gasteiger partial charge < -0.3 is 9.73 Å². The molecule has 1 atom stereocenters. The lowest BCUT2D eigenvalue weighted by Gasteiger charge is -2.11. The minimum absolute atomic E-state index is 0.102. The number of nitrogens with zero attached hydrogens (tertiary/aromatic N) is 2. The fourth-order valence-corrected chi connectivity index (χ4v) is 2.91. The topological polar surface area (TPSA) is 68.0 Å². The zero-order valence-electron chi connectivity index (χ0n) is 14.3. The Kier molecular flexibility index (Phi) is 5.19. The van der Waals surface area contributed by atoms with E-state index in [0.717, 1.165) is 16.8 Å². The monoisotopic (exact) mass is 353 g/mol.